The van der Waals surface area contributed by atoms with Gasteiger partial charge in [0.15, 0.2) is 0 Å². The van der Waals surface area contributed by atoms with E-state index in [0.29, 0.717) is 0 Å². The lowest BCUT2D eigenvalue weighted by Gasteiger charge is -2.24. The van der Waals surface area contributed by atoms with Gasteiger partial charge in [0, 0.05) is 12.6 Å². The Hall–Kier alpha value is -0.120. The van der Waals surface area contributed by atoms with E-state index in [-0.39, 0.29) is 12.6 Å². The summed E-state index contributed by atoms with van der Waals surface area (Å²) in [5.74, 6) is 0. The molecule has 13 heavy (non-hydrogen) atoms. The summed E-state index contributed by atoms with van der Waals surface area (Å²) >= 11 is 0. The highest BCUT2D eigenvalue weighted by Gasteiger charge is 2.13. The van der Waals surface area contributed by atoms with E-state index in [1.54, 1.807) is 0 Å². The standard InChI is InChI=1S/C10H22N2O/c1-11-10(9-13)8-12-6-4-2-3-5-7-12/h10-11,13H,2-9H2,1H3. The third kappa shape index (κ3) is 4.07. The van der Waals surface area contributed by atoms with Crippen LogP contribution in [0.1, 0.15) is 25.7 Å². The average Bonchev–Trinajstić information content (AvgIpc) is 2.42. The Morgan fingerprint density at radius 3 is 2.31 bits per heavy atom. The van der Waals surface area contributed by atoms with Crippen molar-refractivity contribution < 1.29 is 5.11 Å². The van der Waals surface area contributed by atoms with Crippen molar-refractivity contribution in [3.05, 3.63) is 0 Å². The Kier molecular flexibility index (Phi) is 5.35. The number of likely N-dealkylation sites (tertiary alicyclic amines) is 1. The van der Waals surface area contributed by atoms with Gasteiger partial charge in [-0.05, 0) is 33.0 Å². The molecule has 0 aliphatic carbocycles. The number of aliphatic hydroxyl groups excluding tert-OH is 1. The number of aliphatic hydroxyl groups is 1. The first-order chi connectivity index (χ1) is 6.36. The molecule has 0 aromatic heterocycles. The molecule has 1 heterocycles. The second-order valence-electron chi connectivity index (χ2n) is 3.88. The molecule has 1 rings (SSSR count). The number of hydrogen-bond donors (Lipinski definition) is 2. The fraction of sp³-hybridized carbons (Fsp3) is 1.00. The largest absolute Gasteiger partial charge is 0.395 e. The highest BCUT2D eigenvalue weighted by Crippen LogP contribution is 2.09. The molecular formula is C10H22N2O. The third-order valence-electron chi connectivity index (χ3n) is 2.81. The third-order valence-corrected chi connectivity index (χ3v) is 2.81. The minimum absolute atomic E-state index is 0.243. The van der Waals surface area contributed by atoms with Crippen molar-refractivity contribution in [2.75, 3.05) is 33.3 Å². The monoisotopic (exact) mass is 186 g/mol. The summed E-state index contributed by atoms with van der Waals surface area (Å²) in [7, 11) is 1.92. The van der Waals surface area contributed by atoms with Crippen LogP contribution >= 0.6 is 0 Å². The maximum atomic E-state index is 9.04. The van der Waals surface area contributed by atoms with Crippen LogP contribution in [0.2, 0.25) is 0 Å². The Balaban J connectivity index is 2.24. The lowest BCUT2D eigenvalue weighted by molar-refractivity contribution is 0.189. The highest BCUT2D eigenvalue weighted by molar-refractivity contribution is 4.71. The number of likely N-dealkylation sites (N-methyl/N-ethyl adjacent to an activating group) is 1. The normalized spacial score (nSPS) is 22.6. The summed E-state index contributed by atoms with van der Waals surface area (Å²) in [4.78, 5) is 2.46. The Bertz CT molecular complexity index is 118. The van der Waals surface area contributed by atoms with E-state index in [4.69, 9.17) is 5.11 Å². The van der Waals surface area contributed by atoms with Crippen LogP contribution in [0.4, 0.5) is 0 Å². The van der Waals surface area contributed by atoms with Crippen molar-refractivity contribution in [3.63, 3.8) is 0 Å². The van der Waals surface area contributed by atoms with Gasteiger partial charge in [-0.15, -0.1) is 0 Å². The van der Waals surface area contributed by atoms with E-state index < -0.39 is 0 Å². The Morgan fingerprint density at radius 1 is 1.23 bits per heavy atom. The van der Waals surface area contributed by atoms with E-state index in [1.165, 1.54) is 38.8 Å². The number of nitrogens with zero attached hydrogens (tertiary/aromatic N) is 1. The molecule has 3 heteroatoms. The number of rotatable bonds is 4. The summed E-state index contributed by atoms with van der Waals surface area (Å²) in [6, 6.07) is 0.248. The lowest BCUT2D eigenvalue weighted by Crippen LogP contribution is -2.42. The smallest absolute Gasteiger partial charge is 0.0597 e. The van der Waals surface area contributed by atoms with Crippen LogP contribution < -0.4 is 5.32 Å². The van der Waals surface area contributed by atoms with Gasteiger partial charge in [-0.2, -0.15) is 0 Å². The summed E-state index contributed by atoms with van der Waals surface area (Å²) in [5, 5.41) is 12.2. The molecule has 3 nitrogen and oxygen atoms in total. The van der Waals surface area contributed by atoms with Crippen LogP contribution in [-0.4, -0.2) is 49.3 Å². The van der Waals surface area contributed by atoms with Crippen molar-refractivity contribution in [1.29, 1.82) is 0 Å². The van der Waals surface area contributed by atoms with Gasteiger partial charge in [0.25, 0.3) is 0 Å². The topological polar surface area (TPSA) is 35.5 Å². The fourth-order valence-corrected chi connectivity index (χ4v) is 1.87. The van der Waals surface area contributed by atoms with Gasteiger partial charge in [0.05, 0.1) is 6.61 Å². The van der Waals surface area contributed by atoms with E-state index in [1.807, 2.05) is 7.05 Å². The van der Waals surface area contributed by atoms with Crippen molar-refractivity contribution >= 4 is 0 Å². The predicted octanol–water partition coefficient (Wildman–Crippen LogP) is 0.443. The quantitative estimate of drug-likeness (QED) is 0.669. The Labute approximate surface area is 81.1 Å². The minimum atomic E-state index is 0.243. The van der Waals surface area contributed by atoms with Gasteiger partial charge < -0.3 is 15.3 Å². The van der Waals surface area contributed by atoms with Gasteiger partial charge in [-0.3, -0.25) is 0 Å². The molecule has 0 amide bonds. The van der Waals surface area contributed by atoms with E-state index in [0.717, 1.165) is 6.54 Å². The first-order valence-electron chi connectivity index (χ1n) is 5.37. The molecule has 0 aromatic rings. The van der Waals surface area contributed by atoms with Gasteiger partial charge >= 0.3 is 0 Å². The second-order valence-corrected chi connectivity index (χ2v) is 3.88. The van der Waals surface area contributed by atoms with Crippen LogP contribution in [-0.2, 0) is 0 Å². The van der Waals surface area contributed by atoms with Crippen molar-refractivity contribution in [1.82, 2.24) is 10.2 Å². The summed E-state index contributed by atoms with van der Waals surface area (Å²) in [6.45, 7) is 3.65. The average molecular weight is 186 g/mol. The van der Waals surface area contributed by atoms with Gasteiger partial charge in [-0.25, -0.2) is 0 Å². The maximum absolute atomic E-state index is 9.04. The molecule has 1 atom stereocenters. The van der Waals surface area contributed by atoms with Crippen molar-refractivity contribution in [2.45, 2.75) is 31.7 Å². The highest BCUT2D eigenvalue weighted by atomic mass is 16.3. The number of nitrogens with one attached hydrogen (secondary N) is 1. The molecule has 2 N–H and O–H groups in total. The molecule has 1 aliphatic rings. The fourth-order valence-electron chi connectivity index (χ4n) is 1.87. The zero-order valence-electron chi connectivity index (χ0n) is 8.63. The van der Waals surface area contributed by atoms with Crippen LogP contribution in [0.5, 0.6) is 0 Å². The van der Waals surface area contributed by atoms with Crippen LogP contribution in [0, 0.1) is 0 Å². The second kappa shape index (κ2) is 6.35. The van der Waals surface area contributed by atoms with Gasteiger partial charge in [-0.1, -0.05) is 12.8 Å². The molecular weight excluding hydrogens is 164 g/mol. The van der Waals surface area contributed by atoms with Crippen LogP contribution in [0.25, 0.3) is 0 Å². The van der Waals surface area contributed by atoms with E-state index in [2.05, 4.69) is 10.2 Å². The summed E-state index contributed by atoms with van der Waals surface area (Å²) in [5.41, 5.74) is 0. The number of hydrogen-bond acceptors (Lipinski definition) is 3. The molecule has 0 aromatic carbocycles. The van der Waals surface area contributed by atoms with E-state index >= 15 is 0 Å². The summed E-state index contributed by atoms with van der Waals surface area (Å²) < 4.78 is 0. The molecule has 1 saturated heterocycles. The molecule has 0 saturated carbocycles. The van der Waals surface area contributed by atoms with Crippen LogP contribution in [0.3, 0.4) is 0 Å². The molecule has 1 aliphatic heterocycles. The minimum Gasteiger partial charge on any atom is -0.395 e. The van der Waals surface area contributed by atoms with Crippen molar-refractivity contribution in [3.8, 4) is 0 Å². The molecule has 78 valence electrons. The Morgan fingerprint density at radius 2 is 1.85 bits per heavy atom. The summed E-state index contributed by atoms with van der Waals surface area (Å²) in [6.07, 6.45) is 5.39. The molecule has 0 spiro atoms. The molecule has 0 bridgehead atoms. The molecule has 1 unspecified atom stereocenters. The molecule has 0 radical (unpaired) electrons. The zero-order chi connectivity index (χ0) is 9.52. The SMILES string of the molecule is CNC(CO)CN1CCCCCC1. The predicted molar refractivity (Wildman–Crippen MR) is 54.8 cm³/mol. The first kappa shape index (κ1) is 11.0. The first-order valence-corrected chi connectivity index (χ1v) is 5.37. The lowest BCUT2D eigenvalue weighted by atomic mass is 10.2. The molecule has 1 fully saturated rings. The van der Waals surface area contributed by atoms with Crippen LogP contribution in [0.15, 0.2) is 0 Å². The van der Waals surface area contributed by atoms with E-state index in [9.17, 15) is 0 Å². The van der Waals surface area contributed by atoms with Gasteiger partial charge in [0.1, 0.15) is 0 Å². The maximum Gasteiger partial charge on any atom is 0.0597 e. The van der Waals surface area contributed by atoms with Gasteiger partial charge in [0.2, 0.25) is 0 Å². The zero-order valence-corrected chi connectivity index (χ0v) is 8.63. The van der Waals surface area contributed by atoms with Crippen molar-refractivity contribution in [2.24, 2.45) is 0 Å².